The summed E-state index contributed by atoms with van der Waals surface area (Å²) in [4.78, 5) is 5.32. The minimum atomic E-state index is 0.0217. The van der Waals surface area contributed by atoms with Crippen LogP contribution >= 0.6 is 11.3 Å². The van der Waals surface area contributed by atoms with Crippen molar-refractivity contribution in [1.82, 2.24) is 4.98 Å². The predicted octanol–water partition coefficient (Wildman–Crippen LogP) is 3.66. The molecule has 3 rings (SSSR count). The SMILES string of the molecule is CC(Nc1cccc2c1N=[Se]=N2)c1cncs1. The molecule has 0 spiro atoms. The van der Waals surface area contributed by atoms with Gasteiger partial charge in [-0.1, -0.05) is 0 Å². The molecular weight excluding hydrogens is 299 g/mol. The van der Waals surface area contributed by atoms with E-state index in [4.69, 9.17) is 0 Å². The molecule has 6 heteroatoms. The Balaban J connectivity index is 1.87. The first-order valence-electron chi connectivity index (χ1n) is 5.21. The van der Waals surface area contributed by atoms with Crippen molar-refractivity contribution in [3.8, 4) is 0 Å². The fourth-order valence-electron chi connectivity index (χ4n) is 1.67. The average Bonchev–Trinajstić information content (AvgIpc) is 3.00. The van der Waals surface area contributed by atoms with Crippen molar-refractivity contribution in [2.75, 3.05) is 5.32 Å². The van der Waals surface area contributed by atoms with E-state index >= 15 is 0 Å². The molecule has 0 aliphatic carbocycles. The zero-order chi connectivity index (χ0) is 11.7. The van der Waals surface area contributed by atoms with Crippen LogP contribution in [-0.2, 0) is 0 Å². The van der Waals surface area contributed by atoms with Gasteiger partial charge in [0.25, 0.3) is 0 Å². The number of rotatable bonds is 3. The van der Waals surface area contributed by atoms with E-state index in [1.807, 2.05) is 23.8 Å². The number of nitrogens with zero attached hydrogens (tertiary/aromatic N) is 3. The van der Waals surface area contributed by atoms with Gasteiger partial charge in [-0.25, -0.2) is 0 Å². The third kappa shape index (κ3) is 2.11. The zero-order valence-electron chi connectivity index (χ0n) is 9.12. The van der Waals surface area contributed by atoms with Crippen LogP contribution in [0.4, 0.5) is 17.1 Å². The van der Waals surface area contributed by atoms with Crippen LogP contribution in [0.5, 0.6) is 0 Å². The second kappa shape index (κ2) is 4.56. The van der Waals surface area contributed by atoms with Crippen LogP contribution in [-0.4, -0.2) is 19.6 Å². The summed E-state index contributed by atoms with van der Waals surface area (Å²) in [5, 5.41) is 3.47. The Morgan fingerprint density at radius 2 is 2.29 bits per heavy atom. The van der Waals surface area contributed by atoms with Crippen molar-refractivity contribution >= 4 is 43.0 Å². The molecule has 1 unspecified atom stereocenters. The minimum absolute atomic E-state index is 0.0217. The number of hydrogen-bond acceptors (Lipinski definition) is 5. The van der Waals surface area contributed by atoms with Gasteiger partial charge in [0, 0.05) is 0 Å². The summed E-state index contributed by atoms with van der Waals surface area (Å²) in [6, 6.07) is 6.32. The number of thiazole rings is 1. The van der Waals surface area contributed by atoms with E-state index in [1.54, 1.807) is 11.3 Å². The third-order valence-corrected chi connectivity index (χ3v) is 4.63. The molecule has 0 bridgehead atoms. The number of benzene rings is 1. The summed E-state index contributed by atoms with van der Waals surface area (Å²) in [6.07, 6.45) is 1.90. The van der Waals surface area contributed by atoms with Gasteiger partial charge in [-0.05, 0) is 0 Å². The summed E-state index contributed by atoms with van der Waals surface area (Å²) >= 11 is 1.68. The summed E-state index contributed by atoms with van der Waals surface area (Å²) in [7, 11) is 0. The molecular formula is C11H10N4SSe. The quantitative estimate of drug-likeness (QED) is 0.751. The van der Waals surface area contributed by atoms with Crippen LogP contribution < -0.4 is 5.32 Å². The normalized spacial score (nSPS) is 14.2. The number of nitrogens with one attached hydrogen (secondary N) is 1. The van der Waals surface area contributed by atoms with Crippen molar-refractivity contribution < 1.29 is 0 Å². The Morgan fingerprint density at radius 3 is 3.12 bits per heavy atom. The Morgan fingerprint density at radius 1 is 1.35 bits per heavy atom. The van der Waals surface area contributed by atoms with Crippen LogP contribution in [0.15, 0.2) is 37.8 Å². The van der Waals surface area contributed by atoms with Crippen LogP contribution in [0.1, 0.15) is 17.8 Å². The predicted molar refractivity (Wildman–Crippen MR) is 70.5 cm³/mol. The van der Waals surface area contributed by atoms with Crippen molar-refractivity contribution in [1.29, 1.82) is 0 Å². The Labute approximate surface area is 109 Å². The molecule has 1 aliphatic heterocycles. The Hall–Kier alpha value is -1.23. The summed E-state index contributed by atoms with van der Waals surface area (Å²) in [6.45, 7) is 2.13. The van der Waals surface area contributed by atoms with Gasteiger partial charge in [0.1, 0.15) is 0 Å². The first-order chi connectivity index (χ1) is 8.34. The van der Waals surface area contributed by atoms with Crippen molar-refractivity contribution in [3.05, 3.63) is 34.8 Å². The molecule has 4 nitrogen and oxygen atoms in total. The second-order valence-corrected chi connectivity index (χ2v) is 5.73. The van der Waals surface area contributed by atoms with Crippen molar-refractivity contribution in [2.45, 2.75) is 13.0 Å². The third-order valence-electron chi connectivity index (χ3n) is 2.54. The van der Waals surface area contributed by atoms with Gasteiger partial charge < -0.3 is 0 Å². The molecule has 0 radical (unpaired) electrons. The first kappa shape index (κ1) is 10.9. The standard InChI is InChI=1S/C11H10N4SSe/c1-7(10-5-12-6-16-10)13-8-3-2-4-9-11(8)15-17-14-9/h2-7,13H,1H3. The van der Waals surface area contributed by atoms with E-state index in [2.05, 4.69) is 31.2 Å². The summed E-state index contributed by atoms with van der Waals surface area (Å²) in [5.41, 5.74) is 4.92. The number of fused-ring (bicyclic) bond motifs is 1. The number of aromatic nitrogens is 1. The van der Waals surface area contributed by atoms with Gasteiger partial charge in [-0.3, -0.25) is 0 Å². The molecule has 86 valence electrons. The summed E-state index contributed by atoms with van der Waals surface area (Å²) < 4.78 is 8.83. The Bertz CT molecular complexity index is 602. The molecule has 2 heterocycles. The Kier molecular flexibility index (Phi) is 2.92. The fourth-order valence-corrected chi connectivity index (χ4v) is 3.45. The van der Waals surface area contributed by atoms with E-state index < -0.39 is 0 Å². The maximum absolute atomic E-state index is 4.45. The number of anilines is 1. The maximum atomic E-state index is 4.45. The molecule has 1 aliphatic rings. The molecule has 1 atom stereocenters. The first-order valence-corrected chi connectivity index (χ1v) is 7.62. The molecule has 0 saturated heterocycles. The van der Waals surface area contributed by atoms with Crippen molar-refractivity contribution in [3.63, 3.8) is 0 Å². The van der Waals surface area contributed by atoms with Gasteiger partial charge in [0.15, 0.2) is 0 Å². The van der Waals surface area contributed by atoms with E-state index in [0.717, 1.165) is 17.1 Å². The molecule has 0 fully saturated rings. The van der Waals surface area contributed by atoms with Crippen LogP contribution in [0.25, 0.3) is 0 Å². The van der Waals surface area contributed by atoms with Crippen LogP contribution in [0.2, 0.25) is 0 Å². The van der Waals surface area contributed by atoms with Crippen molar-refractivity contribution in [2.24, 2.45) is 7.92 Å². The monoisotopic (exact) mass is 310 g/mol. The van der Waals surface area contributed by atoms with E-state index in [1.165, 1.54) is 4.88 Å². The topological polar surface area (TPSA) is 49.6 Å². The van der Waals surface area contributed by atoms with Crippen LogP contribution in [0, 0.1) is 0 Å². The summed E-state index contributed by atoms with van der Waals surface area (Å²) in [5.74, 6) is 0. The van der Waals surface area contributed by atoms with Gasteiger partial charge in [-0.2, -0.15) is 0 Å². The van der Waals surface area contributed by atoms with Crippen LogP contribution in [0.3, 0.4) is 0 Å². The molecule has 2 aromatic rings. The molecule has 0 amide bonds. The van der Waals surface area contributed by atoms with Gasteiger partial charge in [0.2, 0.25) is 0 Å². The number of hydrogen-bond donors (Lipinski definition) is 1. The molecule has 1 aromatic carbocycles. The van der Waals surface area contributed by atoms with Gasteiger partial charge in [-0.15, -0.1) is 0 Å². The second-order valence-electron chi connectivity index (χ2n) is 3.71. The average molecular weight is 309 g/mol. The van der Waals surface area contributed by atoms with E-state index in [-0.39, 0.29) is 20.6 Å². The molecule has 17 heavy (non-hydrogen) atoms. The zero-order valence-corrected chi connectivity index (χ0v) is 11.7. The van der Waals surface area contributed by atoms with Gasteiger partial charge >= 0.3 is 109 Å². The fraction of sp³-hybridized carbons (Fsp3) is 0.182. The molecule has 0 saturated carbocycles. The molecule has 1 aromatic heterocycles. The van der Waals surface area contributed by atoms with E-state index in [9.17, 15) is 0 Å². The molecule has 1 N–H and O–H groups in total. The van der Waals surface area contributed by atoms with E-state index in [0.29, 0.717) is 0 Å². The van der Waals surface area contributed by atoms with Gasteiger partial charge in [0.05, 0.1) is 0 Å².